The number of carbonyl (C=O) groups is 1. The van der Waals surface area contributed by atoms with Crippen LogP contribution in [0, 0.1) is 0 Å². The van der Waals surface area contributed by atoms with Crippen molar-refractivity contribution in [3.63, 3.8) is 0 Å². The summed E-state index contributed by atoms with van der Waals surface area (Å²) in [7, 11) is 1.69. The molecule has 6 heteroatoms. The highest BCUT2D eigenvalue weighted by Gasteiger charge is 2.17. The molecule has 0 atom stereocenters. The van der Waals surface area contributed by atoms with E-state index in [0.717, 1.165) is 39.5 Å². The maximum atomic E-state index is 12.6. The van der Waals surface area contributed by atoms with Crippen molar-refractivity contribution in [3.8, 4) is 5.75 Å². The molecule has 0 amide bonds. The molecular formula is C20H20N2O3S. The number of hydrogen-bond acceptors (Lipinski definition) is 5. The molecule has 0 saturated heterocycles. The van der Waals surface area contributed by atoms with Gasteiger partial charge >= 0.3 is 0 Å². The SMILES string of the molecule is COCCn1c(SCC(=O)c2ccc3c(c2)CCO3)nc2ccccc21. The molecule has 0 N–H and O–H groups in total. The van der Waals surface area contributed by atoms with Crippen molar-refractivity contribution in [2.75, 3.05) is 26.1 Å². The molecule has 3 aromatic rings. The Morgan fingerprint density at radius 3 is 3.08 bits per heavy atom. The molecule has 0 bridgehead atoms. The van der Waals surface area contributed by atoms with Crippen molar-refractivity contribution in [2.24, 2.45) is 0 Å². The van der Waals surface area contributed by atoms with E-state index in [-0.39, 0.29) is 5.78 Å². The van der Waals surface area contributed by atoms with Crippen LogP contribution in [-0.4, -0.2) is 41.4 Å². The second-order valence-electron chi connectivity index (χ2n) is 6.16. The molecule has 1 aliphatic rings. The predicted octanol–water partition coefficient (Wildman–Crippen LogP) is 3.59. The first-order chi connectivity index (χ1) is 12.8. The molecule has 0 fully saturated rings. The number of ether oxygens (including phenoxy) is 2. The first-order valence-electron chi connectivity index (χ1n) is 8.62. The molecular weight excluding hydrogens is 348 g/mol. The lowest BCUT2D eigenvalue weighted by Gasteiger charge is -2.08. The summed E-state index contributed by atoms with van der Waals surface area (Å²) in [6.45, 7) is 2.02. The van der Waals surface area contributed by atoms with Crippen LogP contribution in [0.15, 0.2) is 47.6 Å². The Balaban J connectivity index is 1.52. The van der Waals surface area contributed by atoms with Crippen LogP contribution in [0.1, 0.15) is 15.9 Å². The molecule has 2 aromatic carbocycles. The van der Waals surface area contributed by atoms with Crippen LogP contribution >= 0.6 is 11.8 Å². The minimum atomic E-state index is 0.107. The minimum Gasteiger partial charge on any atom is -0.493 e. The number of benzene rings is 2. The monoisotopic (exact) mass is 368 g/mol. The van der Waals surface area contributed by atoms with Crippen molar-refractivity contribution in [1.29, 1.82) is 0 Å². The summed E-state index contributed by atoms with van der Waals surface area (Å²) in [4.78, 5) is 17.3. The van der Waals surface area contributed by atoms with Crippen LogP contribution in [0.25, 0.3) is 11.0 Å². The molecule has 0 aliphatic carbocycles. The summed E-state index contributed by atoms with van der Waals surface area (Å²) in [6.07, 6.45) is 0.871. The van der Waals surface area contributed by atoms with E-state index in [1.165, 1.54) is 11.8 Å². The minimum absolute atomic E-state index is 0.107. The summed E-state index contributed by atoms with van der Waals surface area (Å²) in [5.41, 5.74) is 3.86. The average Bonchev–Trinajstić information content (AvgIpc) is 3.27. The number of Topliss-reactive ketones (excluding diaryl/α,β-unsaturated/α-hetero) is 1. The highest BCUT2D eigenvalue weighted by Crippen LogP contribution is 2.28. The third kappa shape index (κ3) is 3.34. The lowest BCUT2D eigenvalue weighted by molar-refractivity contribution is 0.102. The van der Waals surface area contributed by atoms with Gasteiger partial charge in [-0.25, -0.2) is 4.98 Å². The summed E-state index contributed by atoms with van der Waals surface area (Å²) in [5.74, 6) is 1.36. The Hall–Kier alpha value is -2.31. The average molecular weight is 368 g/mol. The van der Waals surface area contributed by atoms with Gasteiger partial charge in [0.2, 0.25) is 0 Å². The fourth-order valence-corrected chi connectivity index (χ4v) is 4.07. The molecule has 5 nitrogen and oxygen atoms in total. The van der Waals surface area contributed by atoms with Crippen molar-refractivity contribution < 1.29 is 14.3 Å². The van der Waals surface area contributed by atoms with Gasteiger partial charge in [0.15, 0.2) is 10.9 Å². The third-order valence-corrected chi connectivity index (χ3v) is 5.46. The van der Waals surface area contributed by atoms with Gasteiger partial charge in [0.05, 0.1) is 30.0 Å². The van der Waals surface area contributed by atoms with Crippen LogP contribution in [-0.2, 0) is 17.7 Å². The molecule has 1 aromatic heterocycles. The van der Waals surface area contributed by atoms with Gasteiger partial charge in [0.1, 0.15) is 5.75 Å². The fourth-order valence-electron chi connectivity index (χ4n) is 3.14. The molecule has 0 unspecified atom stereocenters. The second-order valence-corrected chi connectivity index (χ2v) is 7.10. The summed E-state index contributed by atoms with van der Waals surface area (Å²) < 4.78 is 12.8. The van der Waals surface area contributed by atoms with Crippen molar-refractivity contribution in [2.45, 2.75) is 18.1 Å². The number of para-hydroxylation sites is 2. The lowest BCUT2D eigenvalue weighted by atomic mass is 10.1. The van der Waals surface area contributed by atoms with E-state index in [1.54, 1.807) is 7.11 Å². The molecule has 26 heavy (non-hydrogen) atoms. The first-order valence-corrected chi connectivity index (χ1v) is 9.61. The van der Waals surface area contributed by atoms with Crippen LogP contribution in [0.2, 0.25) is 0 Å². The number of thioether (sulfide) groups is 1. The summed E-state index contributed by atoms with van der Waals surface area (Å²) in [5, 5.41) is 0.848. The van der Waals surface area contributed by atoms with E-state index < -0.39 is 0 Å². The van der Waals surface area contributed by atoms with Gasteiger partial charge in [0, 0.05) is 25.6 Å². The molecule has 134 valence electrons. The number of hydrogen-bond donors (Lipinski definition) is 0. The number of fused-ring (bicyclic) bond motifs is 2. The van der Waals surface area contributed by atoms with Crippen LogP contribution in [0.4, 0.5) is 0 Å². The van der Waals surface area contributed by atoms with Gasteiger partial charge in [-0.2, -0.15) is 0 Å². The molecule has 0 radical (unpaired) electrons. The maximum Gasteiger partial charge on any atom is 0.173 e. The normalized spacial score (nSPS) is 13.0. The van der Waals surface area contributed by atoms with Crippen LogP contribution < -0.4 is 4.74 Å². The largest absolute Gasteiger partial charge is 0.493 e. The van der Waals surface area contributed by atoms with Gasteiger partial charge in [-0.05, 0) is 35.9 Å². The van der Waals surface area contributed by atoms with E-state index in [4.69, 9.17) is 9.47 Å². The predicted molar refractivity (Wildman–Crippen MR) is 102 cm³/mol. The molecule has 1 aliphatic heterocycles. The Kier molecular flexibility index (Phi) is 4.95. The number of carbonyl (C=O) groups excluding carboxylic acids is 1. The van der Waals surface area contributed by atoms with Crippen LogP contribution in [0.3, 0.4) is 0 Å². The first kappa shape index (κ1) is 17.1. The van der Waals surface area contributed by atoms with E-state index in [9.17, 15) is 4.79 Å². The molecule has 2 heterocycles. The maximum absolute atomic E-state index is 12.6. The zero-order valence-electron chi connectivity index (χ0n) is 14.6. The Morgan fingerprint density at radius 1 is 1.31 bits per heavy atom. The summed E-state index contributed by atoms with van der Waals surface area (Å²) >= 11 is 1.47. The number of aromatic nitrogens is 2. The van der Waals surface area contributed by atoms with E-state index in [1.807, 2.05) is 42.5 Å². The van der Waals surface area contributed by atoms with Crippen molar-refractivity contribution in [1.82, 2.24) is 9.55 Å². The van der Waals surface area contributed by atoms with E-state index >= 15 is 0 Å². The van der Waals surface area contributed by atoms with E-state index in [0.29, 0.717) is 25.5 Å². The molecule has 0 spiro atoms. The molecule has 4 rings (SSSR count). The standard InChI is InChI=1S/C20H20N2O3S/c1-24-11-9-22-17-5-3-2-4-16(17)21-20(22)26-13-18(23)14-6-7-19-15(12-14)8-10-25-19/h2-7,12H,8-11,13H2,1H3. The number of ketones is 1. The number of methoxy groups -OCH3 is 1. The topological polar surface area (TPSA) is 53.4 Å². The second kappa shape index (κ2) is 7.51. The van der Waals surface area contributed by atoms with Gasteiger partial charge in [0.25, 0.3) is 0 Å². The van der Waals surface area contributed by atoms with Crippen LogP contribution in [0.5, 0.6) is 5.75 Å². The highest BCUT2D eigenvalue weighted by molar-refractivity contribution is 7.99. The Labute approximate surface area is 156 Å². The Bertz CT molecular complexity index is 951. The smallest absolute Gasteiger partial charge is 0.173 e. The van der Waals surface area contributed by atoms with Crippen molar-refractivity contribution >= 4 is 28.6 Å². The summed E-state index contributed by atoms with van der Waals surface area (Å²) in [6, 6.07) is 13.7. The zero-order chi connectivity index (χ0) is 17.9. The number of rotatable bonds is 7. The van der Waals surface area contributed by atoms with Gasteiger partial charge in [-0.15, -0.1) is 0 Å². The van der Waals surface area contributed by atoms with Gasteiger partial charge in [-0.1, -0.05) is 23.9 Å². The van der Waals surface area contributed by atoms with Gasteiger partial charge in [-0.3, -0.25) is 4.79 Å². The Morgan fingerprint density at radius 2 is 2.19 bits per heavy atom. The fraction of sp³-hybridized carbons (Fsp3) is 0.300. The van der Waals surface area contributed by atoms with Gasteiger partial charge < -0.3 is 14.0 Å². The number of imidazole rings is 1. The quantitative estimate of drug-likeness (QED) is 0.471. The number of nitrogens with zero attached hydrogens (tertiary/aromatic N) is 2. The molecule has 0 saturated carbocycles. The van der Waals surface area contributed by atoms with Crippen molar-refractivity contribution in [3.05, 3.63) is 53.6 Å². The third-order valence-electron chi connectivity index (χ3n) is 4.48. The highest BCUT2D eigenvalue weighted by atomic mass is 32.2. The zero-order valence-corrected chi connectivity index (χ0v) is 15.4. The van der Waals surface area contributed by atoms with E-state index in [2.05, 4.69) is 9.55 Å². The lowest BCUT2D eigenvalue weighted by Crippen LogP contribution is -2.08.